The zero-order valence-corrected chi connectivity index (χ0v) is 8.82. The van der Waals surface area contributed by atoms with Gasteiger partial charge in [-0.1, -0.05) is 0 Å². The molecule has 7 heteroatoms. The van der Waals surface area contributed by atoms with E-state index >= 15 is 0 Å². The van der Waals surface area contributed by atoms with Crippen LogP contribution in [-0.4, -0.2) is 42.2 Å². The van der Waals surface area contributed by atoms with E-state index in [9.17, 15) is 13.2 Å². The first kappa shape index (κ1) is 12.1. The van der Waals surface area contributed by atoms with E-state index in [1.807, 2.05) is 0 Å². The highest BCUT2D eigenvalue weighted by atomic mass is 19.4. The highest BCUT2D eigenvalue weighted by Crippen LogP contribution is 2.47. The number of aliphatic hydroxyl groups is 1. The molecule has 0 saturated carbocycles. The largest absolute Gasteiger partial charge is 0.397 e. The van der Waals surface area contributed by atoms with Gasteiger partial charge in [-0.15, -0.1) is 0 Å². The molecule has 4 atom stereocenters. The SMILES string of the molecule is CC1(C)OC2[C@H](O[C@H](CO)[C@H]2C(F)(F)F)O1. The number of rotatable bonds is 1. The minimum atomic E-state index is -4.48. The second-order valence-electron chi connectivity index (χ2n) is 4.39. The van der Waals surface area contributed by atoms with E-state index in [0.29, 0.717) is 0 Å². The third-order valence-electron chi connectivity index (χ3n) is 2.71. The average Bonchev–Trinajstić information content (AvgIpc) is 2.52. The molecular formula is C9H13F3O4. The maximum Gasteiger partial charge on any atom is 0.397 e. The molecule has 0 amide bonds. The molecular weight excluding hydrogens is 229 g/mol. The summed E-state index contributed by atoms with van der Waals surface area (Å²) in [6.45, 7) is 2.34. The van der Waals surface area contributed by atoms with Crippen molar-refractivity contribution in [1.29, 1.82) is 0 Å². The summed E-state index contributed by atoms with van der Waals surface area (Å²) in [7, 11) is 0. The van der Waals surface area contributed by atoms with Crippen molar-refractivity contribution >= 4 is 0 Å². The summed E-state index contributed by atoms with van der Waals surface area (Å²) in [6.07, 6.45) is -8.05. The van der Waals surface area contributed by atoms with Crippen molar-refractivity contribution < 1.29 is 32.5 Å². The number of ether oxygens (including phenoxy) is 3. The highest BCUT2D eigenvalue weighted by Gasteiger charge is 2.63. The summed E-state index contributed by atoms with van der Waals surface area (Å²) in [5.74, 6) is -2.93. The Bertz CT molecular complexity index is 278. The van der Waals surface area contributed by atoms with Crippen LogP contribution in [0.2, 0.25) is 0 Å². The number of aliphatic hydroxyl groups excluding tert-OH is 1. The third-order valence-corrected chi connectivity index (χ3v) is 2.71. The molecule has 0 aliphatic carbocycles. The van der Waals surface area contributed by atoms with E-state index < -0.39 is 43.0 Å². The summed E-state index contributed by atoms with van der Waals surface area (Å²) in [4.78, 5) is 0. The molecule has 2 aliphatic heterocycles. The van der Waals surface area contributed by atoms with E-state index in [2.05, 4.69) is 0 Å². The molecule has 2 aliphatic rings. The Morgan fingerprint density at radius 3 is 2.38 bits per heavy atom. The van der Waals surface area contributed by atoms with Gasteiger partial charge >= 0.3 is 6.18 Å². The maximum absolute atomic E-state index is 12.8. The van der Waals surface area contributed by atoms with Crippen LogP contribution in [0.4, 0.5) is 13.2 Å². The molecule has 0 spiro atoms. The van der Waals surface area contributed by atoms with Crippen LogP contribution in [0.5, 0.6) is 0 Å². The molecule has 2 saturated heterocycles. The number of halogens is 3. The molecule has 0 aromatic rings. The fourth-order valence-electron chi connectivity index (χ4n) is 2.13. The Hall–Kier alpha value is -0.370. The van der Waals surface area contributed by atoms with Gasteiger partial charge in [0.05, 0.1) is 12.7 Å². The van der Waals surface area contributed by atoms with E-state index in [4.69, 9.17) is 19.3 Å². The van der Waals surface area contributed by atoms with Gasteiger partial charge in [-0.25, -0.2) is 0 Å². The molecule has 0 aromatic heterocycles. The first-order valence-electron chi connectivity index (χ1n) is 4.93. The van der Waals surface area contributed by atoms with Gasteiger partial charge in [0.15, 0.2) is 12.1 Å². The lowest BCUT2D eigenvalue weighted by atomic mass is 9.98. The summed E-state index contributed by atoms with van der Waals surface area (Å²) in [6, 6.07) is 0. The Balaban J connectivity index is 2.21. The average molecular weight is 242 g/mol. The van der Waals surface area contributed by atoms with Crippen molar-refractivity contribution in [3.8, 4) is 0 Å². The standard InChI is InChI=1S/C9H13F3O4/c1-8(2)15-6-5(9(10,11)12)4(3-13)14-7(6)16-8/h4-7,13H,3H2,1-2H3/t4-,5-,6?,7-/m1/s1. The molecule has 2 fully saturated rings. The predicted octanol–water partition coefficient (Wildman–Crippen LogP) is 1.03. The number of hydrogen-bond donors (Lipinski definition) is 1. The first-order valence-corrected chi connectivity index (χ1v) is 4.93. The summed E-state index contributed by atoms with van der Waals surface area (Å²) in [5.41, 5.74) is 0. The van der Waals surface area contributed by atoms with Gasteiger partial charge in [0, 0.05) is 0 Å². The molecule has 0 radical (unpaired) electrons. The van der Waals surface area contributed by atoms with Crippen LogP contribution in [-0.2, 0) is 14.2 Å². The van der Waals surface area contributed by atoms with E-state index in [0.717, 1.165) is 0 Å². The second kappa shape index (κ2) is 3.56. The number of hydrogen-bond acceptors (Lipinski definition) is 4. The predicted molar refractivity (Wildman–Crippen MR) is 45.3 cm³/mol. The summed E-state index contributed by atoms with van der Waals surface area (Å²) in [5, 5.41) is 8.85. The van der Waals surface area contributed by atoms with Crippen molar-refractivity contribution in [2.24, 2.45) is 5.92 Å². The van der Waals surface area contributed by atoms with Crippen LogP contribution in [0.3, 0.4) is 0 Å². The lowest BCUT2D eigenvalue weighted by Crippen LogP contribution is -2.41. The zero-order valence-electron chi connectivity index (χ0n) is 8.82. The third kappa shape index (κ3) is 1.92. The fraction of sp³-hybridized carbons (Fsp3) is 1.00. The monoisotopic (exact) mass is 242 g/mol. The zero-order chi connectivity index (χ0) is 12.1. The topological polar surface area (TPSA) is 47.9 Å². The van der Waals surface area contributed by atoms with E-state index in [1.54, 1.807) is 0 Å². The Labute approximate surface area is 90.3 Å². The van der Waals surface area contributed by atoms with Crippen molar-refractivity contribution in [3.63, 3.8) is 0 Å². The van der Waals surface area contributed by atoms with Gasteiger partial charge < -0.3 is 19.3 Å². The lowest BCUT2D eigenvalue weighted by Gasteiger charge is -2.26. The second-order valence-corrected chi connectivity index (χ2v) is 4.39. The van der Waals surface area contributed by atoms with Gasteiger partial charge in [0.25, 0.3) is 0 Å². The van der Waals surface area contributed by atoms with Gasteiger partial charge in [0.2, 0.25) is 0 Å². The Kier molecular flexibility index (Phi) is 2.69. The quantitative estimate of drug-likeness (QED) is 0.746. The summed E-state index contributed by atoms with van der Waals surface area (Å²) >= 11 is 0. The number of fused-ring (bicyclic) bond motifs is 1. The summed E-state index contributed by atoms with van der Waals surface area (Å²) < 4.78 is 53.6. The molecule has 4 nitrogen and oxygen atoms in total. The lowest BCUT2D eigenvalue weighted by molar-refractivity contribution is -0.250. The van der Waals surface area contributed by atoms with Crippen LogP contribution in [0, 0.1) is 5.92 Å². The smallest absolute Gasteiger partial charge is 0.394 e. The van der Waals surface area contributed by atoms with Crippen molar-refractivity contribution in [2.75, 3.05) is 6.61 Å². The van der Waals surface area contributed by atoms with Crippen LogP contribution >= 0.6 is 0 Å². The van der Waals surface area contributed by atoms with Crippen LogP contribution in [0.1, 0.15) is 13.8 Å². The molecule has 16 heavy (non-hydrogen) atoms. The molecule has 1 N–H and O–H groups in total. The first-order chi connectivity index (χ1) is 7.24. The molecule has 0 bridgehead atoms. The molecule has 2 heterocycles. The van der Waals surface area contributed by atoms with E-state index in [-0.39, 0.29) is 0 Å². The van der Waals surface area contributed by atoms with Crippen molar-refractivity contribution in [2.45, 2.75) is 44.3 Å². The van der Waals surface area contributed by atoms with Gasteiger partial charge in [-0.05, 0) is 13.8 Å². The molecule has 2 rings (SSSR count). The van der Waals surface area contributed by atoms with Gasteiger partial charge in [-0.3, -0.25) is 0 Å². The van der Waals surface area contributed by atoms with Gasteiger partial charge in [-0.2, -0.15) is 13.2 Å². The molecule has 94 valence electrons. The fourth-order valence-corrected chi connectivity index (χ4v) is 2.13. The van der Waals surface area contributed by atoms with Crippen LogP contribution in [0.25, 0.3) is 0 Å². The maximum atomic E-state index is 12.8. The number of alkyl halides is 3. The van der Waals surface area contributed by atoms with Crippen LogP contribution in [0.15, 0.2) is 0 Å². The molecule has 1 unspecified atom stereocenters. The molecule has 0 aromatic carbocycles. The Morgan fingerprint density at radius 2 is 1.88 bits per heavy atom. The highest BCUT2D eigenvalue weighted by molar-refractivity contribution is 4.95. The minimum absolute atomic E-state index is 0.704. The minimum Gasteiger partial charge on any atom is -0.394 e. The Morgan fingerprint density at radius 1 is 1.25 bits per heavy atom. The van der Waals surface area contributed by atoms with Gasteiger partial charge in [0.1, 0.15) is 12.0 Å². The van der Waals surface area contributed by atoms with Crippen LogP contribution < -0.4 is 0 Å². The van der Waals surface area contributed by atoms with E-state index in [1.165, 1.54) is 13.8 Å². The van der Waals surface area contributed by atoms with Crippen molar-refractivity contribution in [1.82, 2.24) is 0 Å². The normalized spacial score (nSPS) is 42.4. The van der Waals surface area contributed by atoms with Crippen molar-refractivity contribution in [3.05, 3.63) is 0 Å².